The monoisotopic (exact) mass is 254 g/mol. The average molecular weight is 254 g/mol. The second kappa shape index (κ2) is 7.36. The average Bonchev–Trinajstić information content (AvgIpc) is 2.77. The van der Waals surface area contributed by atoms with E-state index in [0.29, 0.717) is 23.9 Å². The van der Waals surface area contributed by atoms with E-state index in [1.165, 1.54) is 6.42 Å². The Kier molecular flexibility index (Phi) is 6.12. The summed E-state index contributed by atoms with van der Waals surface area (Å²) in [6.07, 6.45) is 2.30. The molecule has 0 amide bonds. The van der Waals surface area contributed by atoms with Gasteiger partial charge in [-0.15, -0.1) is 5.10 Å². The van der Waals surface area contributed by atoms with Crippen molar-refractivity contribution in [2.24, 2.45) is 5.92 Å². The second-order valence-corrected chi connectivity index (χ2v) is 5.02. The minimum absolute atomic E-state index is 0.0999. The SMILES string of the molecule is CCNC(C)c1nnc(NC(C)CC(C)CC)o1. The van der Waals surface area contributed by atoms with Crippen LogP contribution in [-0.2, 0) is 0 Å². The molecule has 3 unspecified atom stereocenters. The van der Waals surface area contributed by atoms with E-state index in [2.05, 4.69) is 48.5 Å². The van der Waals surface area contributed by atoms with Crippen LogP contribution >= 0.6 is 0 Å². The molecule has 0 bridgehead atoms. The molecule has 0 fully saturated rings. The van der Waals surface area contributed by atoms with Crippen molar-refractivity contribution >= 4 is 6.01 Å². The van der Waals surface area contributed by atoms with Crippen molar-refractivity contribution in [1.82, 2.24) is 15.5 Å². The summed E-state index contributed by atoms with van der Waals surface area (Å²) in [5.74, 6) is 1.34. The quantitative estimate of drug-likeness (QED) is 0.746. The van der Waals surface area contributed by atoms with Crippen LogP contribution in [0.3, 0.4) is 0 Å². The molecule has 0 aliphatic heterocycles. The van der Waals surface area contributed by atoms with Crippen LogP contribution in [-0.4, -0.2) is 22.8 Å². The molecule has 104 valence electrons. The van der Waals surface area contributed by atoms with Crippen LogP contribution < -0.4 is 10.6 Å². The molecule has 0 spiro atoms. The van der Waals surface area contributed by atoms with Crippen molar-refractivity contribution in [1.29, 1.82) is 0 Å². The first kappa shape index (κ1) is 15.0. The van der Waals surface area contributed by atoms with Gasteiger partial charge in [0.15, 0.2) is 0 Å². The largest absolute Gasteiger partial charge is 0.406 e. The van der Waals surface area contributed by atoms with E-state index in [9.17, 15) is 0 Å². The normalized spacial score (nSPS) is 16.3. The molecular weight excluding hydrogens is 228 g/mol. The summed E-state index contributed by atoms with van der Waals surface area (Å²) in [7, 11) is 0. The maximum absolute atomic E-state index is 5.59. The third-order valence-electron chi connectivity index (χ3n) is 3.14. The highest BCUT2D eigenvalue weighted by atomic mass is 16.4. The summed E-state index contributed by atoms with van der Waals surface area (Å²) in [4.78, 5) is 0. The van der Waals surface area contributed by atoms with Crippen LogP contribution in [0, 0.1) is 5.92 Å². The Morgan fingerprint density at radius 1 is 1.17 bits per heavy atom. The predicted molar refractivity (Wildman–Crippen MR) is 73.5 cm³/mol. The third kappa shape index (κ3) is 4.64. The Bertz CT molecular complexity index is 339. The molecule has 1 rings (SSSR count). The van der Waals surface area contributed by atoms with E-state index in [1.54, 1.807) is 0 Å². The van der Waals surface area contributed by atoms with Gasteiger partial charge in [-0.05, 0) is 32.7 Å². The zero-order chi connectivity index (χ0) is 13.5. The Hall–Kier alpha value is -1.10. The Balaban J connectivity index is 2.48. The van der Waals surface area contributed by atoms with Crippen molar-refractivity contribution in [2.45, 2.75) is 59.5 Å². The lowest BCUT2D eigenvalue weighted by Gasteiger charge is -2.15. The fourth-order valence-electron chi connectivity index (χ4n) is 1.90. The van der Waals surface area contributed by atoms with Gasteiger partial charge < -0.3 is 15.1 Å². The van der Waals surface area contributed by atoms with Crippen LogP contribution in [0.2, 0.25) is 0 Å². The molecule has 5 heteroatoms. The predicted octanol–water partition coefficient (Wildman–Crippen LogP) is 2.98. The van der Waals surface area contributed by atoms with Crippen LogP contribution in [0.25, 0.3) is 0 Å². The number of hydrogen-bond acceptors (Lipinski definition) is 5. The van der Waals surface area contributed by atoms with Gasteiger partial charge in [-0.25, -0.2) is 0 Å². The van der Waals surface area contributed by atoms with Gasteiger partial charge in [0, 0.05) is 6.04 Å². The molecule has 3 atom stereocenters. The first-order valence-corrected chi connectivity index (χ1v) is 6.90. The number of anilines is 1. The fourth-order valence-corrected chi connectivity index (χ4v) is 1.90. The molecule has 1 aromatic rings. The van der Waals surface area contributed by atoms with Gasteiger partial charge in [0.2, 0.25) is 5.89 Å². The highest BCUT2D eigenvalue weighted by Crippen LogP contribution is 2.16. The molecule has 18 heavy (non-hydrogen) atoms. The van der Waals surface area contributed by atoms with Gasteiger partial charge in [0.25, 0.3) is 0 Å². The lowest BCUT2D eigenvalue weighted by atomic mass is 10.0. The van der Waals surface area contributed by atoms with Crippen LogP contribution in [0.4, 0.5) is 6.01 Å². The number of hydrogen-bond donors (Lipinski definition) is 2. The summed E-state index contributed by atoms with van der Waals surface area (Å²) in [5, 5.41) is 14.6. The first-order valence-electron chi connectivity index (χ1n) is 6.90. The van der Waals surface area contributed by atoms with E-state index >= 15 is 0 Å². The molecule has 0 aliphatic carbocycles. The van der Waals surface area contributed by atoms with Crippen LogP contribution in [0.5, 0.6) is 0 Å². The standard InChI is InChI=1S/C13H26N4O/c1-6-9(3)8-10(4)15-13-17-16-12(18-13)11(5)14-7-2/h9-11,14H,6-8H2,1-5H3,(H,15,17). The van der Waals surface area contributed by atoms with Crippen molar-refractivity contribution in [3.05, 3.63) is 5.89 Å². The Labute approximate surface area is 110 Å². The van der Waals surface area contributed by atoms with E-state index in [1.807, 2.05) is 6.92 Å². The molecule has 1 heterocycles. The summed E-state index contributed by atoms with van der Waals surface area (Å²) in [5.41, 5.74) is 0. The Morgan fingerprint density at radius 3 is 2.50 bits per heavy atom. The van der Waals surface area contributed by atoms with Crippen molar-refractivity contribution in [2.75, 3.05) is 11.9 Å². The summed E-state index contributed by atoms with van der Waals surface area (Å²) in [6, 6.07) is 0.969. The van der Waals surface area contributed by atoms with Gasteiger partial charge in [0.05, 0.1) is 6.04 Å². The van der Waals surface area contributed by atoms with Gasteiger partial charge in [0.1, 0.15) is 0 Å². The summed E-state index contributed by atoms with van der Waals surface area (Å²) in [6.45, 7) is 11.6. The molecule has 1 aromatic heterocycles. The van der Waals surface area contributed by atoms with Crippen molar-refractivity contribution in [3.63, 3.8) is 0 Å². The summed E-state index contributed by atoms with van der Waals surface area (Å²) < 4.78 is 5.59. The van der Waals surface area contributed by atoms with Gasteiger partial charge in [-0.3, -0.25) is 0 Å². The minimum atomic E-state index is 0.0999. The second-order valence-electron chi connectivity index (χ2n) is 5.02. The van der Waals surface area contributed by atoms with Gasteiger partial charge in [-0.2, -0.15) is 0 Å². The number of nitrogens with one attached hydrogen (secondary N) is 2. The topological polar surface area (TPSA) is 63.0 Å². The highest BCUT2D eigenvalue weighted by Gasteiger charge is 2.14. The minimum Gasteiger partial charge on any atom is -0.406 e. The first-order chi connectivity index (χ1) is 8.56. The van der Waals surface area contributed by atoms with Gasteiger partial charge in [-0.1, -0.05) is 32.3 Å². The van der Waals surface area contributed by atoms with Crippen molar-refractivity contribution < 1.29 is 4.42 Å². The zero-order valence-electron chi connectivity index (χ0n) is 12.2. The summed E-state index contributed by atoms with van der Waals surface area (Å²) >= 11 is 0. The molecule has 2 N–H and O–H groups in total. The van der Waals surface area contributed by atoms with E-state index < -0.39 is 0 Å². The number of aromatic nitrogens is 2. The molecule has 0 saturated heterocycles. The lowest BCUT2D eigenvalue weighted by Crippen LogP contribution is -2.18. The Morgan fingerprint density at radius 2 is 1.89 bits per heavy atom. The molecule has 5 nitrogen and oxygen atoms in total. The zero-order valence-corrected chi connectivity index (χ0v) is 12.2. The molecule has 0 aliphatic rings. The van der Waals surface area contributed by atoms with Crippen LogP contribution in [0.1, 0.15) is 59.4 Å². The maximum Gasteiger partial charge on any atom is 0.315 e. The molecule has 0 radical (unpaired) electrons. The van der Waals surface area contributed by atoms with Gasteiger partial charge >= 0.3 is 6.01 Å². The van der Waals surface area contributed by atoms with E-state index in [4.69, 9.17) is 4.42 Å². The van der Waals surface area contributed by atoms with Crippen LogP contribution in [0.15, 0.2) is 4.42 Å². The van der Waals surface area contributed by atoms with E-state index in [0.717, 1.165) is 13.0 Å². The third-order valence-corrected chi connectivity index (χ3v) is 3.14. The highest BCUT2D eigenvalue weighted by molar-refractivity contribution is 5.19. The van der Waals surface area contributed by atoms with E-state index in [-0.39, 0.29) is 6.04 Å². The maximum atomic E-state index is 5.59. The smallest absolute Gasteiger partial charge is 0.315 e. The number of nitrogens with zero attached hydrogens (tertiary/aromatic N) is 2. The number of rotatable bonds is 8. The molecular formula is C13H26N4O. The fraction of sp³-hybridized carbons (Fsp3) is 0.846. The lowest BCUT2D eigenvalue weighted by molar-refractivity contribution is 0.421. The molecule has 0 aromatic carbocycles. The molecule has 0 saturated carbocycles. The van der Waals surface area contributed by atoms with Crippen molar-refractivity contribution in [3.8, 4) is 0 Å².